The van der Waals surface area contributed by atoms with Crippen LogP contribution in [0.25, 0.3) is 6.08 Å². The minimum Gasteiger partial charge on any atom is -0.399 e. The number of carbonyl (C=O) groups is 1. The minimum atomic E-state index is 0.122. The first-order chi connectivity index (χ1) is 10.2. The van der Waals surface area contributed by atoms with Gasteiger partial charge in [0.15, 0.2) is 0 Å². The molecule has 0 radical (unpaired) electrons. The van der Waals surface area contributed by atoms with Crippen LogP contribution in [0.1, 0.15) is 24.8 Å². The fourth-order valence-corrected chi connectivity index (χ4v) is 3.24. The monoisotopic (exact) mass is 285 g/mol. The maximum Gasteiger partial charge on any atom is 0.246 e. The van der Waals surface area contributed by atoms with Crippen LogP contribution in [0.4, 0.5) is 5.69 Å². The van der Waals surface area contributed by atoms with E-state index in [2.05, 4.69) is 4.90 Å². The van der Waals surface area contributed by atoms with Crippen LogP contribution in [-0.2, 0) is 4.79 Å². The van der Waals surface area contributed by atoms with Gasteiger partial charge in [-0.2, -0.15) is 0 Å². The van der Waals surface area contributed by atoms with Crippen LogP contribution in [0.2, 0.25) is 0 Å². The van der Waals surface area contributed by atoms with Crippen LogP contribution in [0.5, 0.6) is 0 Å². The summed E-state index contributed by atoms with van der Waals surface area (Å²) in [5.41, 5.74) is 7.41. The first-order valence-corrected chi connectivity index (χ1v) is 7.79. The van der Waals surface area contributed by atoms with Crippen LogP contribution in [-0.4, -0.2) is 47.9 Å². The van der Waals surface area contributed by atoms with Crippen molar-refractivity contribution in [3.05, 3.63) is 35.9 Å². The summed E-state index contributed by atoms with van der Waals surface area (Å²) < 4.78 is 0. The Morgan fingerprint density at radius 2 is 1.95 bits per heavy atom. The summed E-state index contributed by atoms with van der Waals surface area (Å²) in [6.07, 6.45) is 7.39. The van der Waals surface area contributed by atoms with Crippen molar-refractivity contribution in [2.75, 3.05) is 31.9 Å². The number of nitrogens with two attached hydrogens (primary N) is 1. The second-order valence-electron chi connectivity index (χ2n) is 5.97. The van der Waals surface area contributed by atoms with Crippen molar-refractivity contribution in [3.8, 4) is 0 Å². The van der Waals surface area contributed by atoms with Crippen LogP contribution in [0, 0.1) is 0 Å². The number of nitrogens with zero attached hydrogens (tertiary/aromatic N) is 2. The number of amides is 1. The molecule has 0 aromatic heterocycles. The third-order valence-corrected chi connectivity index (χ3v) is 4.50. The van der Waals surface area contributed by atoms with Gasteiger partial charge in [-0.15, -0.1) is 0 Å². The van der Waals surface area contributed by atoms with Gasteiger partial charge in [-0.1, -0.05) is 18.6 Å². The lowest BCUT2D eigenvalue weighted by Gasteiger charge is -2.43. The maximum absolute atomic E-state index is 12.3. The second kappa shape index (κ2) is 6.31. The number of nitrogen functional groups attached to an aromatic ring is 1. The van der Waals surface area contributed by atoms with E-state index in [1.54, 1.807) is 6.08 Å². The summed E-state index contributed by atoms with van der Waals surface area (Å²) in [6.45, 7) is 3.95. The predicted octanol–water partition coefficient (Wildman–Crippen LogP) is 1.98. The van der Waals surface area contributed by atoms with Crippen molar-refractivity contribution in [1.82, 2.24) is 9.80 Å². The molecule has 4 nitrogen and oxygen atoms in total. The maximum atomic E-state index is 12.3. The number of fused-ring (bicyclic) bond motifs is 1. The summed E-state index contributed by atoms with van der Waals surface area (Å²) in [5, 5.41) is 0. The molecule has 2 heterocycles. The Morgan fingerprint density at radius 1 is 1.14 bits per heavy atom. The van der Waals surface area contributed by atoms with Gasteiger partial charge in [-0.05, 0) is 43.2 Å². The number of hydrogen-bond donors (Lipinski definition) is 1. The van der Waals surface area contributed by atoms with Gasteiger partial charge >= 0.3 is 0 Å². The zero-order valence-corrected chi connectivity index (χ0v) is 12.4. The third-order valence-electron chi connectivity index (χ3n) is 4.50. The molecule has 2 N–H and O–H groups in total. The van der Waals surface area contributed by atoms with Gasteiger partial charge in [-0.3, -0.25) is 9.69 Å². The van der Waals surface area contributed by atoms with Crippen molar-refractivity contribution in [1.29, 1.82) is 0 Å². The normalized spacial score (nSPS) is 23.2. The number of piperidine rings is 1. The Kier molecular flexibility index (Phi) is 4.25. The van der Waals surface area contributed by atoms with Crippen molar-refractivity contribution in [3.63, 3.8) is 0 Å². The predicted molar refractivity (Wildman–Crippen MR) is 85.7 cm³/mol. The number of benzene rings is 1. The first-order valence-electron chi connectivity index (χ1n) is 7.79. The Labute approximate surface area is 126 Å². The number of hydrogen-bond acceptors (Lipinski definition) is 3. The summed E-state index contributed by atoms with van der Waals surface area (Å²) in [5.74, 6) is 0.122. The van der Waals surface area contributed by atoms with Gasteiger partial charge < -0.3 is 10.6 Å². The Hall–Kier alpha value is -1.81. The fourth-order valence-electron chi connectivity index (χ4n) is 3.24. The van der Waals surface area contributed by atoms with Crippen molar-refractivity contribution in [2.24, 2.45) is 0 Å². The second-order valence-corrected chi connectivity index (χ2v) is 5.97. The van der Waals surface area contributed by atoms with Crippen molar-refractivity contribution < 1.29 is 4.79 Å². The average Bonchev–Trinajstić information content (AvgIpc) is 2.53. The average molecular weight is 285 g/mol. The molecule has 2 aliphatic heterocycles. The van der Waals surface area contributed by atoms with E-state index in [0.29, 0.717) is 6.04 Å². The van der Waals surface area contributed by atoms with Gasteiger partial charge in [0.25, 0.3) is 0 Å². The SMILES string of the molecule is Nc1ccc(/C=C/C(=O)N2CCN3CCCCC3C2)cc1. The minimum absolute atomic E-state index is 0.122. The lowest BCUT2D eigenvalue weighted by molar-refractivity contribution is -0.129. The summed E-state index contributed by atoms with van der Waals surface area (Å²) in [7, 11) is 0. The largest absolute Gasteiger partial charge is 0.399 e. The zero-order valence-electron chi connectivity index (χ0n) is 12.4. The van der Waals surface area contributed by atoms with E-state index < -0.39 is 0 Å². The zero-order chi connectivity index (χ0) is 14.7. The van der Waals surface area contributed by atoms with Crippen LogP contribution in [0.15, 0.2) is 30.3 Å². The van der Waals surface area contributed by atoms with Gasteiger partial charge in [0.05, 0.1) is 0 Å². The summed E-state index contributed by atoms with van der Waals surface area (Å²) in [6, 6.07) is 8.13. The molecule has 21 heavy (non-hydrogen) atoms. The molecule has 1 atom stereocenters. The Bertz CT molecular complexity index is 523. The van der Waals surface area contributed by atoms with Gasteiger partial charge in [-0.25, -0.2) is 0 Å². The van der Waals surface area contributed by atoms with Gasteiger partial charge in [0.2, 0.25) is 5.91 Å². The number of anilines is 1. The Morgan fingerprint density at radius 3 is 2.76 bits per heavy atom. The van der Waals surface area contributed by atoms with Gasteiger partial charge in [0, 0.05) is 37.4 Å². The van der Waals surface area contributed by atoms with E-state index >= 15 is 0 Å². The first kappa shape index (κ1) is 14.1. The molecular weight excluding hydrogens is 262 g/mol. The molecular formula is C17H23N3O. The van der Waals surface area contributed by atoms with Crippen molar-refractivity contribution >= 4 is 17.7 Å². The quantitative estimate of drug-likeness (QED) is 0.668. The van der Waals surface area contributed by atoms with E-state index in [1.807, 2.05) is 35.2 Å². The molecule has 4 heteroatoms. The molecule has 2 aliphatic rings. The molecule has 0 aliphatic carbocycles. The van der Waals surface area contributed by atoms with E-state index in [9.17, 15) is 4.79 Å². The number of rotatable bonds is 2. The molecule has 0 saturated carbocycles. The van der Waals surface area contributed by atoms with Crippen LogP contribution < -0.4 is 5.73 Å². The highest BCUT2D eigenvalue weighted by Gasteiger charge is 2.30. The number of carbonyl (C=O) groups excluding carboxylic acids is 1. The smallest absolute Gasteiger partial charge is 0.246 e. The third kappa shape index (κ3) is 3.45. The number of piperazine rings is 1. The molecule has 2 fully saturated rings. The fraction of sp³-hybridized carbons (Fsp3) is 0.471. The lowest BCUT2D eigenvalue weighted by atomic mass is 9.99. The molecule has 0 spiro atoms. The molecule has 0 bridgehead atoms. The molecule has 1 unspecified atom stereocenters. The molecule has 2 saturated heterocycles. The van der Waals surface area contributed by atoms with E-state index in [4.69, 9.17) is 5.73 Å². The van der Waals surface area contributed by atoms with Gasteiger partial charge in [0.1, 0.15) is 0 Å². The molecule has 112 valence electrons. The van der Waals surface area contributed by atoms with E-state index in [0.717, 1.165) is 30.9 Å². The standard InChI is InChI=1S/C17H23N3O/c18-15-7-4-14(5-8-15)6-9-17(21)20-12-11-19-10-2-1-3-16(19)13-20/h4-9,16H,1-3,10-13,18H2/b9-6+. The highest BCUT2D eigenvalue weighted by Crippen LogP contribution is 2.21. The molecule has 3 rings (SSSR count). The summed E-state index contributed by atoms with van der Waals surface area (Å²) >= 11 is 0. The van der Waals surface area contributed by atoms with E-state index in [1.165, 1.54) is 25.8 Å². The Balaban J connectivity index is 1.59. The van der Waals surface area contributed by atoms with E-state index in [-0.39, 0.29) is 5.91 Å². The highest BCUT2D eigenvalue weighted by atomic mass is 16.2. The molecule has 1 aromatic rings. The lowest BCUT2D eigenvalue weighted by Crippen LogP contribution is -2.55. The molecule has 1 aromatic carbocycles. The van der Waals surface area contributed by atoms with Crippen LogP contribution in [0.3, 0.4) is 0 Å². The molecule has 1 amide bonds. The summed E-state index contributed by atoms with van der Waals surface area (Å²) in [4.78, 5) is 16.8. The highest BCUT2D eigenvalue weighted by molar-refractivity contribution is 5.91. The van der Waals surface area contributed by atoms with Crippen LogP contribution >= 0.6 is 0 Å². The van der Waals surface area contributed by atoms with Crippen molar-refractivity contribution in [2.45, 2.75) is 25.3 Å². The topological polar surface area (TPSA) is 49.6 Å².